The summed E-state index contributed by atoms with van der Waals surface area (Å²) < 4.78 is 13.5. The molecule has 0 saturated carbocycles. The van der Waals surface area contributed by atoms with Crippen molar-refractivity contribution in [2.75, 3.05) is 0 Å². The number of carbonyl (C=O) groups is 1. The summed E-state index contributed by atoms with van der Waals surface area (Å²) in [6, 6.07) is 2.42. The number of aliphatic carboxylic acids is 1. The Hall–Kier alpha value is -1.36. The molecule has 0 radical (unpaired) electrons. The fourth-order valence-corrected chi connectivity index (χ4v) is 1.31. The Morgan fingerprint density at radius 3 is 2.64 bits per heavy atom. The summed E-state index contributed by atoms with van der Waals surface area (Å²) in [5.74, 6) is -2.20. The highest BCUT2D eigenvalue weighted by Gasteiger charge is 2.06. The third-order valence-corrected chi connectivity index (χ3v) is 1.92. The molecule has 74 valence electrons. The monoisotopic (exact) mass is 260 g/mol. The molecule has 0 amide bonds. The number of benzene rings is 1. The van der Waals surface area contributed by atoms with Crippen LogP contribution in [-0.4, -0.2) is 16.2 Å². The molecule has 0 aliphatic carbocycles. The van der Waals surface area contributed by atoms with E-state index in [0.717, 1.165) is 18.2 Å². The van der Waals surface area contributed by atoms with Gasteiger partial charge in [0.15, 0.2) is 0 Å². The van der Waals surface area contributed by atoms with Gasteiger partial charge in [-0.3, -0.25) is 0 Å². The summed E-state index contributed by atoms with van der Waals surface area (Å²) in [6.45, 7) is 0. The minimum atomic E-state index is -1.20. The molecular weight excluding hydrogens is 255 g/mol. The minimum Gasteiger partial charge on any atom is -0.507 e. The number of hydrogen-bond donors (Lipinski definition) is 2. The van der Waals surface area contributed by atoms with Crippen molar-refractivity contribution < 1.29 is 19.4 Å². The molecule has 1 rings (SSSR count). The van der Waals surface area contributed by atoms with Crippen LogP contribution in [0.25, 0.3) is 6.08 Å². The Kier molecular flexibility index (Phi) is 3.24. The SMILES string of the molecule is O=C(O)/C=C/c1c(O)cc(Br)cc1F. The second-order valence-electron chi connectivity index (χ2n) is 2.49. The van der Waals surface area contributed by atoms with E-state index in [0.29, 0.717) is 4.47 Å². The molecule has 0 fully saturated rings. The lowest BCUT2D eigenvalue weighted by molar-refractivity contribution is -0.131. The van der Waals surface area contributed by atoms with E-state index in [1.807, 2.05) is 0 Å². The fraction of sp³-hybridized carbons (Fsp3) is 0. The van der Waals surface area contributed by atoms with Gasteiger partial charge < -0.3 is 10.2 Å². The van der Waals surface area contributed by atoms with Crippen molar-refractivity contribution in [2.24, 2.45) is 0 Å². The summed E-state index contributed by atoms with van der Waals surface area (Å²) >= 11 is 2.99. The van der Waals surface area contributed by atoms with Gasteiger partial charge >= 0.3 is 5.97 Å². The molecule has 0 unspecified atom stereocenters. The zero-order valence-corrected chi connectivity index (χ0v) is 8.45. The quantitative estimate of drug-likeness (QED) is 0.803. The Bertz CT molecular complexity index is 378. The number of halogens is 2. The third-order valence-electron chi connectivity index (χ3n) is 1.47. The number of phenolic OH excluding ortho intramolecular Hbond substituents is 1. The molecule has 0 aliphatic heterocycles. The molecule has 14 heavy (non-hydrogen) atoms. The molecule has 1 aromatic carbocycles. The lowest BCUT2D eigenvalue weighted by Crippen LogP contribution is -1.88. The molecule has 0 aliphatic rings. The van der Waals surface area contributed by atoms with Crippen molar-refractivity contribution in [3.63, 3.8) is 0 Å². The number of hydrogen-bond acceptors (Lipinski definition) is 2. The lowest BCUT2D eigenvalue weighted by Gasteiger charge is -2.01. The highest BCUT2D eigenvalue weighted by molar-refractivity contribution is 9.10. The molecule has 0 saturated heterocycles. The third kappa shape index (κ3) is 2.56. The standard InChI is InChI=1S/C9H6BrFO3/c10-5-3-7(11)6(8(12)4-5)1-2-9(13)14/h1-4,12H,(H,13,14)/b2-1+. The second-order valence-corrected chi connectivity index (χ2v) is 3.41. The summed E-state index contributed by atoms with van der Waals surface area (Å²) in [5, 5.41) is 17.6. The number of phenols is 1. The van der Waals surface area contributed by atoms with Gasteiger partial charge in [-0.15, -0.1) is 0 Å². The van der Waals surface area contributed by atoms with E-state index in [1.165, 1.54) is 6.07 Å². The first-order chi connectivity index (χ1) is 6.50. The van der Waals surface area contributed by atoms with Crippen LogP contribution < -0.4 is 0 Å². The number of carboxylic acids is 1. The summed E-state index contributed by atoms with van der Waals surface area (Å²) in [4.78, 5) is 10.2. The Balaban J connectivity index is 3.15. The van der Waals surface area contributed by atoms with Crippen LogP contribution in [0.3, 0.4) is 0 Å². The topological polar surface area (TPSA) is 57.5 Å². The van der Waals surface area contributed by atoms with Crippen molar-refractivity contribution in [3.05, 3.63) is 34.1 Å². The Labute approximate surface area is 87.6 Å². The largest absolute Gasteiger partial charge is 0.507 e. The van der Waals surface area contributed by atoms with Crippen LogP contribution in [0.4, 0.5) is 4.39 Å². The van der Waals surface area contributed by atoms with Gasteiger partial charge in [0, 0.05) is 10.5 Å². The first-order valence-electron chi connectivity index (χ1n) is 3.59. The number of aromatic hydroxyl groups is 1. The van der Waals surface area contributed by atoms with Crippen molar-refractivity contribution in [1.29, 1.82) is 0 Å². The average Bonchev–Trinajstić information content (AvgIpc) is 2.01. The van der Waals surface area contributed by atoms with Crippen LogP contribution in [0.5, 0.6) is 5.75 Å². The minimum absolute atomic E-state index is 0.143. The van der Waals surface area contributed by atoms with Gasteiger partial charge in [-0.05, 0) is 18.2 Å². The first kappa shape index (κ1) is 10.7. The Morgan fingerprint density at radius 2 is 2.14 bits per heavy atom. The van der Waals surface area contributed by atoms with Crippen molar-refractivity contribution in [1.82, 2.24) is 0 Å². The molecule has 2 N–H and O–H groups in total. The predicted molar refractivity (Wildman–Crippen MR) is 52.4 cm³/mol. The fourth-order valence-electron chi connectivity index (χ4n) is 0.891. The van der Waals surface area contributed by atoms with Crippen LogP contribution in [0, 0.1) is 5.82 Å². The van der Waals surface area contributed by atoms with Gasteiger partial charge in [-0.2, -0.15) is 0 Å². The maximum absolute atomic E-state index is 13.1. The highest BCUT2D eigenvalue weighted by atomic mass is 79.9. The van der Waals surface area contributed by atoms with Crippen LogP contribution in [0.1, 0.15) is 5.56 Å². The normalized spacial score (nSPS) is 10.7. The van der Waals surface area contributed by atoms with Gasteiger partial charge in [0.1, 0.15) is 11.6 Å². The van der Waals surface area contributed by atoms with E-state index in [1.54, 1.807) is 0 Å². The maximum Gasteiger partial charge on any atom is 0.328 e. The molecule has 3 nitrogen and oxygen atoms in total. The zero-order chi connectivity index (χ0) is 10.7. The van der Waals surface area contributed by atoms with Crippen molar-refractivity contribution >= 4 is 28.0 Å². The van der Waals surface area contributed by atoms with Gasteiger partial charge in [-0.1, -0.05) is 15.9 Å². The summed E-state index contributed by atoms with van der Waals surface area (Å²) in [7, 11) is 0. The highest BCUT2D eigenvalue weighted by Crippen LogP contribution is 2.26. The van der Waals surface area contributed by atoms with Crippen LogP contribution in [0.2, 0.25) is 0 Å². The van der Waals surface area contributed by atoms with E-state index in [9.17, 15) is 14.3 Å². The summed E-state index contributed by atoms with van der Waals surface area (Å²) in [5.41, 5.74) is -0.143. The van der Waals surface area contributed by atoms with E-state index in [2.05, 4.69) is 15.9 Å². The molecule has 0 heterocycles. The van der Waals surface area contributed by atoms with E-state index < -0.39 is 11.8 Å². The van der Waals surface area contributed by atoms with Crippen LogP contribution in [0.15, 0.2) is 22.7 Å². The number of rotatable bonds is 2. The molecule has 0 spiro atoms. The van der Waals surface area contributed by atoms with Crippen molar-refractivity contribution in [2.45, 2.75) is 0 Å². The van der Waals surface area contributed by atoms with Gasteiger partial charge in [0.05, 0.1) is 5.56 Å². The number of carboxylic acid groups (broad SMARTS) is 1. The van der Waals surface area contributed by atoms with Crippen LogP contribution in [-0.2, 0) is 4.79 Å². The first-order valence-corrected chi connectivity index (χ1v) is 4.39. The molecule has 0 bridgehead atoms. The smallest absolute Gasteiger partial charge is 0.328 e. The van der Waals surface area contributed by atoms with Gasteiger partial charge in [0.25, 0.3) is 0 Å². The molecule has 0 aromatic heterocycles. The second kappa shape index (κ2) is 4.23. The molecule has 5 heteroatoms. The molecule has 1 aromatic rings. The maximum atomic E-state index is 13.1. The van der Waals surface area contributed by atoms with Gasteiger partial charge in [-0.25, -0.2) is 9.18 Å². The van der Waals surface area contributed by atoms with Gasteiger partial charge in [0.2, 0.25) is 0 Å². The van der Waals surface area contributed by atoms with E-state index in [-0.39, 0.29) is 11.3 Å². The molecular formula is C9H6BrFO3. The average molecular weight is 261 g/mol. The van der Waals surface area contributed by atoms with Crippen LogP contribution >= 0.6 is 15.9 Å². The van der Waals surface area contributed by atoms with E-state index >= 15 is 0 Å². The van der Waals surface area contributed by atoms with Crippen molar-refractivity contribution in [3.8, 4) is 5.75 Å². The lowest BCUT2D eigenvalue weighted by atomic mass is 10.2. The Morgan fingerprint density at radius 1 is 1.50 bits per heavy atom. The molecule has 0 atom stereocenters. The summed E-state index contributed by atoms with van der Waals surface area (Å²) in [6.07, 6.45) is 1.76. The predicted octanol–water partition coefficient (Wildman–Crippen LogP) is 2.39. The van der Waals surface area contributed by atoms with E-state index in [4.69, 9.17) is 5.11 Å². The zero-order valence-electron chi connectivity index (χ0n) is 6.87.